The zero-order valence-corrected chi connectivity index (χ0v) is 26.5. The van der Waals surface area contributed by atoms with Gasteiger partial charge in [-0.3, -0.25) is 19.7 Å². The van der Waals surface area contributed by atoms with E-state index in [0.29, 0.717) is 24.2 Å². The fourth-order valence-corrected chi connectivity index (χ4v) is 9.27. The van der Waals surface area contributed by atoms with Crippen molar-refractivity contribution in [2.24, 2.45) is 28.7 Å². The fraction of sp³-hybridized carbons (Fsp3) is 0.645. The first kappa shape index (κ1) is 30.8. The van der Waals surface area contributed by atoms with Crippen molar-refractivity contribution < 1.29 is 13.8 Å². The van der Waals surface area contributed by atoms with E-state index < -0.39 is 17.0 Å². The van der Waals surface area contributed by atoms with Gasteiger partial charge in [-0.1, -0.05) is 12.5 Å². The quantitative estimate of drug-likeness (QED) is 0.359. The summed E-state index contributed by atoms with van der Waals surface area (Å²) in [7, 11) is 0.962. The normalized spacial score (nSPS) is 26.2. The molecule has 1 saturated carbocycles. The minimum absolute atomic E-state index is 0.148. The third kappa shape index (κ3) is 6.74. The predicted octanol–water partition coefficient (Wildman–Crippen LogP) is 2.90. The molecule has 3 saturated heterocycles. The molecule has 1 aliphatic carbocycles. The van der Waals surface area contributed by atoms with Crippen LogP contribution in [-0.4, -0.2) is 98.4 Å². The van der Waals surface area contributed by atoms with Crippen LogP contribution in [-0.2, 0) is 22.8 Å². The molecule has 3 amide bonds. The number of likely N-dealkylation sites (tertiary alicyclic amines) is 1. The van der Waals surface area contributed by atoms with Gasteiger partial charge in [-0.15, -0.1) is 0 Å². The molecule has 4 fully saturated rings. The lowest BCUT2D eigenvalue weighted by Crippen LogP contribution is -2.49. The van der Waals surface area contributed by atoms with E-state index in [4.69, 9.17) is 5.73 Å². The summed E-state index contributed by atoms with van der Waals surface area (Å²) >= 11 is 0. The first-order valence-electron chi connectivity index (χ1n) is 16.0. The molecule has 0 bridgehead atoms. The van der Waals surface area contributed by atoms with Gasteiger partial charge >= 0.3 is 6.03 Å². The molecule has 3 aliphatic heterocycles. The molecule has 1 aromatic heterocycles. The second kappa shape index (κ2) is 13.5. The number of piperidine rings is 2. The summed E-state index contributed by atoms with van der Waals surface area (Å²) in [5.41, 5.74) is 8.04. The predicted molar refractivity (Wildman–Crippen MR) is 174 cm³/mol. The largest absolute Gasteiger partial charge is 0.368 e. The fourth-order valence-electron chi connectivity index (χ4n) is 7.47. The summed E-state index contributed by atoms with van der Waals surface area (Å²) in [6.07, 6.45) is 8.69. The molecular formula is C31H45N9O3S. The Balaban J connectivity index is 1.00. The Morgan fingerprint density at radius 1 is 1.09 bits per heavy atom. The van der Waals surface area contributed by atoms with Gasteiger partial charge in [0, 0.05) is 50.3 Å². The highest BCUT2D eigenvalue weighted by Gasteiger charge is 2.33. The molecule has 3 unspecified atom stereocenters. The van der Waals surface area contributed by atoms with Gasteiger partial charge in [0.05, 0.1) is 22.5 Å². The van der Waals surface area contributed by atoms with Gasteiger partial charge in [0.2, 0.25) is 11.9 Å². The first-order chi connectivity index (χ1) is 21.3. The van der Waals surface area contributed by atoms with Gasteiger partial charge in [0.1, 0.15) is 0 Å². The highest BCUT2D eigenvalue weighted by atomic mass is 32.2. The monoisotopic (exact) mass is 623 g/mol. The van der Waals surface area contributed by atoms with E-state index >= 15 is 0 Å². The average molecular weight is 624 g/mol. The highest BCUT2D eigenvalue weighted by Crippen LogP contribution is 2.35. The van der Waals surface area contributed by atoms with Crippen molar-refractivity contribution in [2.45, 2.75) is 75.0 Å². The number of nitrogens with one attached hydrogen (secondary N) is 1. The van der Waals surface area contributed by atoms with E-state index in [-0.39, 0.29) is 29.6 Å². The number of carbonyl (C=O) groups is 2. The van der Waals surface area contributed by atoms with E-state index in [9.17, 15) is 13.8 Å². The number of rotatable bonds is 7. The Hall–Kier alpha value is -3.16. The Kier molecular flexibility index (Phi) is 9.43. The Bertz CT molecular complexity index is 1440. The summed E-state index contributed by atoms with van der Waals surface area (Å²) in [5.74, 6) is 1.69. The van der Waals surface area contributed by atoms with Crippen molar-refractivity contribution >= 4 is 52.3 Å². The minimum atomic E-state index is -0.946. The smallest absolute Gasteiger partial charge is 0.329 e. The number of guanidine groups is 1. The molecule has 1 aromatic carbocycles. The standard InChI is InChI=1S/C31H45N9O3S/c1-33-30(32)34-24-10-15-39(16-11-24)44(43)25-5-3-4-21(18-25)20-38-13-8-22(9-14-38)23-6-7-26-27(19-23)37(2)36-29(26)40-17-12-28(41)35-31(40)42/h6-7,19,21-22,24-25H,1,3-5,8-18,20H2,2H3,(H2,32,34)(H,35,41,42). The SMILES string of the molecule is C=NC(N)=NC1CCN(S(=O)C2CCCC(CN3CCC(c4ccc5c(N6CCC(=O)NC6=O)nn(C)c5c4)CC3)C2)CC1. The zero-order chi connectivity index (χ0) is 30.8. The molecule has 0 spiro atoms. The topological polar surface area (TPSA) is 142 Å². The first-order valence-corrected chi connectivity index (χ1v) is 17.2. The molecule has 4 heterocycles. The van der Waals surface area contributed by atoms with Crippen molar-refractivity contribution in [3.05, 3.63) is 23.8 Å². The average Bonchev–Trinajstić information content (AvgIpc) is 3.36. The number of aryl methyl sites for hydroxylation is 1. The number of aromatic nitrogens is 2. The van der Waals surface area contributed by atoms with Crippen LogP contribution >= 0.6 is 0 Å². The second-order valence-electron chi connectivity index (χ2n) is 12.8. The van der Waals surface area contributed by atoms with E-state index in [1.165, 1.54) is 12.0 Å². The summed E-state index contributed by atoms with van der Waals surface area (Å²) in [4.78, 5) is 36.3. The molecule has 13 heteroatoms. The van der Waals surface area contributed by atoms with Crippen molar-refractivity contribution in [1.29, 1.82) is 0 Å². The van der Waals surface area contributed by atoms with E-state index in [0.717, 1.165) is 88.6 Å². The molecule has 238 valence electrons. The number of nitrogens with two attached hydrogens (primary N) is 1. The van der Waals surface area contributed by atoms with E-state index in [1.807, 2.05) is 11.7 Å². The van der Waals surface area contributed by atoms with Crippen LogP contribution in [0.4, 0.5) is 10.6 Å². The van der Waals surface area contributed by atoms with Crippen LogP contribution in [0, 0.1) is 5.92 Å². The highest BCUT2D eigenvalue weighted by molar-refractivity contribution is 7.83. The lowest BCUT2D eigenvalue weighted by molar-refractivity contribution is -0.120. The molecule has 4 aliphatic rings. The van der Waals surface area contributed by atoms with Crippen LogP contribution < -0.4 is 16.0 Å². The number of hydrogen-bond acceptors (Lipinski definition) is 6. The Morgan fingerprint density at radius 2 is 1.86 bits per heavy atom. The van der Waals surface area contributed by atoms with Crippen LogP contribution in [0.5, 0.6) is 0 Å². The van der Waals surface area contributed by atoms with Gasteiger partial charge in [-0.05, 0) is 94.3 Å². The van der Waals surface area contributed by atoms with Gasteiger partial charge in [0.25, 0.3) is 0 Å². The number of hydrogen-bond donors (Lipinski definition) is 2. The number of nitrogens with zero attached hydrogens (tertiary/aromatic N) is 7. The summed E-state index contributed by atoms with van der Waals surface area (Å²) < 4.78 is 17.5. The number of aliphatic imine (C=N–C) groups is 2. The zero-order valence-electron chi connectivity index (χ0n) is 25.7. The molecule has 3 N–H and O–H groups in total. The number of benzene rings is 1. The number of fused-ring (bicyclic) bond motifs is 1. The van der Waals surface area contributed by atoms with E-state index in [2.05, 4.69) is 54.5 Å². The summed E-state index contributed by atoms with van der Waals surface area (Å²) in [5, 5.41) is 8.21. The summed E-state index contributed by atoms with van der Waals surface area (Å²) in [6, 6.07) is 6.22. The van der Waals surface area contributed by atoms with Gasteiger partial charge in [-0.2, -0.15) is 5.10 Å². The number of imide groups is 1. The molecule has 3 atom stereocenters. The van der Waals surface area contributed by atoms with Crippen molar-refractivity contribution in [2.75, 3.05) is 44.2 Å². The molecule has 6 rings (SSSR count). The Morgan fingerprint density at radius 3 is 2.59 bits per heavy atom. The Labute approximate surface area is 261 Å². The van der Waals surface area contributed by atoms with Gasteiger partial charge in [0.15, 0.2) is 5.82 Å². The third-order valence-corrected chi connectivity index (χ3v) is 11.8. The maximum Gasteiger partial charge on any atom is 0.329 e. The number of urea groups is 1. The van der Waals surface area contributed by atoms with E-state index in [1.54, 1.807) is 4.90 Å². The number of carbonyl (C=O) groups excluding carboxylic acids is 2. The molecule has 0 radical (unpaired) electrons. The molecule has 2 aromatic rings. The number of amides is 3. The van der Waals surface area contributed by atoms with Gasteiger partial charge < -0.3 is 10.6 Å². The molecular weight excluding hydrogens is 578 g/mol. The second-order valence-corrected chi connectivity index (χ2v) is 14.5. The summed E-state index contributed by atoms with van der Waals surface area (Å²) in [6.45, 7) is 8.60. The van der Waals surface area contributed by atoms with Gasteiger partial charge in [-0.25, -0.2) is 23.3 Å². The van der Waals surface area contributed by atoms with Crippen LogP contribution in [0.15, 0.2) is 28.2 Å². The van der Waals surface area contributed by atoms with Crippen molar-refractivity contribution in [1.82, 2.24) is 24.3 Å². The van der Waals surface area contributed by atoms with Crippen LogP contribution in [0.3, 0.4) is 0 Å². The van der Waals surface area contributed by atoms with Crippen LogP contribution in [0.2, 0.25) is 0 Å². The van der Waals surface area contributed by atoms with Crippen LogP contribution in [0.25, 0.3) is 10.9 Å². The van der Waals surface area contributed by atoms with Crippen molar-refractivity contribution in [3.63, 3.8) is 0 Å². The molecule has 44 heavy (non-hydrogen) atoms. The lowest BCUT2D eigenvalue weighted by atomic mass is 9.86. The maximum absolute atomic E-state index is 13.5. The lowest BCUT2D eigenvalue weighted by Gasteiger charge is -2.38. The third-order valence-electron chi connectivity index (χ3n) is 9.92. The molecule has 12 nitrogen and oxygen atoms in total. The minimum Gasteiger partial charge on any atom is -0.368 e. The number of anilines is 1. The van der Waals surface area contributed by atoms with Crippen molar-refractivity contribution in [3.8, 4) is 0 Å². The van der Waals surface area contributed by atoms with Crippen LogP contribution in [0.1, 0.15) is 69.3 Å². The maximum atomic E-state index is 13.5.